The number of nitrogens with two attached hydrogens (primary N) is 1. The highest BCUT2D eigenvalue weighted by atomic mass is 79.9. The van der Waals surface area contributed by atoms with Crippen molar-refractivity contribution in [1.82, 2.24) is 14.5 Å². The Morgan fingerprint density at radius 1 is 1.35 bits per heavy atom. The first-order valence-corrected chi connectivity index (χ1v) is 6.54. The molecular formula is C13H10BrFN4O. The molecule has 20 heavy (non-hydrogen) atoms. The van der Waals surface area contributed by atoms with Gasteiger partial charge in [0.15, 0.2) is 11.3 Å². The van der Waals surface area contributed by atoms with E-state index in [2.05, 4.69) is 25.9 Å². The fraction of sp³-hybridized carbons (Fsp3) is 0.0769. The Kier molecular flexibility index (Phi) is 3.06. The fourth-order valence-electron chi connectivity index (χ4n) is 1.85. The SMILES string of the molecule is Cn1cnc2c(Oc3cc(F)c(Br)cc3N)nccc21. The minimum atomic E-state index is -0.456. The van der Waals surface area contributed by atoms with Crippen molar-refractivity contribution in [3.63, 3.8) is 0 Å². The van der Waals surface area contributed by atoms with Crippen molar-refractivity contribution < 1.29 is 9.13 Å². The summed E-state index contributed by atoms with van der Waals surface area (Å²) < 4.78 is 21.3. The summed E-state index contributed by atoms with van der Waals surface area (Å²) in [5.74, 6) is 0.0373. The molecule has 0 aliphatic rings. The third kappa shape index (κ3) is 2.09. The number of hydrogen-bond donors (Lipinski definition) is 1. The van der Waals surface area contributed by atoms with Crippen LogP contribution in [0.25, 0.3) is 11.0 Å². The van der Waals surface area contributed by atoms with Crippen molar-refractivity contribution >= 4 is 32.7 Å². The van der Waals surface area contributed by atoms with Crippen LogP contribution in [0.15, 0.2) is 35.2 Å². The highest BCUT2D eigenvalue weighted by molar-refractivity contribution is 9.10. The van der Waals surface area contributed by atoms with E-state index in [0.29, 0.717) is 11.2 Å². The van der Waals surface area contributed by atoms with Gasteiger partial charge < -0.3 is 15.0 Å². The molecule has 2 N–H and O–H groups in total. The first-order chi connectivity index (χ1) is 9.56. The average molecular weight is 337 g/mol. The molecule has 0 aliphatic heterocycles. The third-order valence-corrected chi connectivity index (χ3v) is 3.48. The second-order valence-electron chi connectivity index (χ2n) is 4.25. The lowest BCUT2D eigenvalue weighted by Crippen LogP contribution is -1.96. The van der Waals surface area contributed by atoms with Gasteiger partial charge in [-0.05, 0) is 28.1 Å². The second-order valence-corrected chi connectivity index (χ2v) is 5.10. The van der Waals surface area contributed by atoms with E-state index >= 15 is 0 Å². The van der Waals surface area contributed by atoms with Crippen LogP contribution >= 0.6 is 15.9 Å². The van der Waals surface area contributed by atoms with E-state index in [1.54, 1.807) is 12.5 Å². The number of rotatable bonds is 2. The number of fused-ring (bicyclic) bond motifs is 1. The maximum Gasteiger partial charge on any atom is 0.247 e. The van der Waals surface area contributed by atoms with Gasteiger partial charge in [0.1, 0.15) is 5.82 Å². The standard InChI is InChI=1S/C13H10BrFN4O/c1-19-6-18-12-10(19)2-3-17-13(12)20-11-5-8(15)7(14)4-9(11)16/h2-6H,16H2,1H3. The third-order valence-electron chi connectivity index (χ3n) is 2.87. The molecule has 0 spiro atoms. The molecule has 3 rings (SSSR count). The Balaban J connectivity index is 2.08. The monoisotopic (exact) mass is 336 g/mol. The molecule has 0 saturated carbocycles. The van der Waals surface area contributed by atoms with Gasteiger partial charge in [-0.2, -0.15) is 0 Å². The molecule has 0 atom stereocenters. The van der Waals surface area contributed by atoms with Gasteiger partial charge in [0.25, 0.3) is 0 Å². The number of pyridine rings is 1. The molecule has 0 radical (unpaired) electrons. The molecule has 102 valence electrons. The van der Waals surface area contributed by atoms with Crippen LogP contribution in [-0.4, -0.2) is 14.5 Å². The lowest BCUT2D eigenvalue weighted by atomic mass is 10.3. The molecule has 5 nitrogen and oxygen atoms in total. The number of halogens is 2. The minimum absolute atomic E-state index is 0.205. The molecule has 0 saturated heterocycles. The van der Waals surface area contributed by atoms with Gasteiger partial charge in [-0.3, -0.25) is 0 Å². The summed E-state index contributed by atoms with van der Waals surface area (Å²) >= 11 is 3.07. The number of hydrogen-bond acceptors (Lipinski definition) is 4. The van der Waals surface area contributed by atoms with Crippen molar-refractivity contribution in [1.29, 1.82) is 0 Å². The Hall–Kier alpha value is -2.15. The van der Waals surface area contributed by atoms with Gasteiger partial charge >= 0.3 is 0 Å². The highest BCUT2D eigenvalue weighted by Crippen LogP contribution is 2.33. The number of ether oxygens (including phenoxy) is 1. The normalized spacial score (nSPS) is 10.9. The van der Waals surface area contributed by atoms with Crippen LogP contribution in [-0.2, 0) is 7.05 Å². The molecule has 1 aromatic carbocycles. The number of anilines is 1. The molecule has 3 aromatic rings. The smallest absolute Gasteiger partial charge is 0.247 e. The van der Waals surface area contributed by atoms with Crippen molar-refractivity contribution in [2.24, 2.45) is 7.05 Å². The van der Waals surface area contributed by atoms with E-state index in [0.717, 1.165) is 5.52 Å². The predicted octanol–water partition coefficient (Wildman–Crippen LogP) is 3.24. The van der Waals surface area contributed by atoms with E-state index < -0.39 is 5.82 Å². The van der Waals surface area contributed by atoms with Gasteiger partial charge in [0.05, 0.1) is 22.0 Å². The molecule has 0 bridgehead atoms. The van der Waals surface area contributed by atoms with Gasteiger partial charge in [0.2, 0.25) is 5.88 Å². The van der Waals surface area contributed by atoms with E-state index in [1.807, 2.05) is 17.7 Å². The predicted molar refractivity (Wildman–Crippen MR) is 77.1 cm³/mol. The minimum Gasteiger partial charge on any atom is -0.435 e. The van der Waals surface area contributed by atoms with Crippen LogP contribution in [0.2, 0.25) is 0 Å². The molecule has 7 heteroatoms. The number of nitrogens with zero attached hydrogens (tertiary/aromatic N) is 3. The van der Waals surface area contributed by atoms with E-state index in [9.17, 15) is 4.39 Å². The number of aromatic nitrogens is 3. The molecule has 2 aromatic heterocycles. The lowest BCUT2D eigenvalue weighted by molar-refractivity contribution is 0.465. The first-order valence-electron chi connectivity index (χ1n) is 5.74. The first kappa shape index (κ1) is 12.9. The van der Waals surface area contributed by atoms with Crippen LogP contribution in [0.5, 0.6) is 11.6 Å². The zero-order chi connectivity index (χ0) is 14.3. The average Bonchev–Trinajstić information content (AvgIpc) is 2.79. The van der Waals surface area contributed by atoms with Gasteiger partial charge in [-0.25, -0.2) is 14.4 Å². The second kappa shape index (κ2) is 4.75. The van der Waals surface area contributed by atoms with Gasteiger partial charge in [-0.1, -0.05) is 0 Å². The number of benzene rings is 1. The van der Waals surface area contributed by atoms with E-state index in [4.69, 9.17) is 10.5 Å². The van der Waals surface area contributed by atoms with Crippen LogP contribution in [0, 0.1) is 5.82 Å². The van der Waals surface area contributed by atoms with Crippen LogP contribution in [0.4, 0.5) is 10.1 Å². The van der Waals surface area contributed by atoms with Gasteiger partial charge in [0, 0.05) is 19.3 Å². The summed E-state index contributed by atoms with van der Waals surface area (Å²) in [4.78, 5) is 8.34. The maximum absolute atomic E-state index is 13.6. The molecule has 2 heterocycles. The lowest BCUT2D eigenvalue weighted by Gasteiger charge is -2.09. The summed E-state index contributed by atoms with van der Waals surface area (Å²) in [7, 11) is 1.87. The van der Waals surface area contributed by atoms with Crippen molar-refractivity contribution in [2.75, 3.05) is 5.73 Å². The van der Waals surface area contributed by atoms with Crippen LogP contribution in [0.1, 0.15) is 0 Å². The Bertz CT molecular complexity index is 802. The summed E-state index contributed by atoms with van der Waals surface area (Å²) in [6.45, 7) is 0. The van der Waals surface area contributed by atoms with Gasteiger partial charge in [-0.15, -0.1) is 0 Å². The topological polar surface area (TPSA) is 66.0 Å². The molecule has 0 unspecified atom stereocenters. The fourth-order valence-corrected chi connectivity index (χ4v) is 2.21. The summed E-state index contributed by atoms with van der Waals surface area (Å²) in [6.07, 6.45) is 3.26. The molecule has 0 amide bonds. The van der Waals surface area contributed by atoms with Crippen molar-refractivity contribution in [3.05, 3.63) is 41.0 Å². The van der Waals surface area contributed by atoms with Crippen molar-refractivity contribution in [3.8, 4) is 11.6 Å². The molecular weight excluding hydrogens is 327 g/mol. The molecule has 0 fully saturated rings. The summed E-state index contributed by atoms with van der Waals surface area (Å²) in [5, 5.41) is 0. The number of aryl methyl sites for hydroxylation is 1. The Morgan fingerprint density at radius 3 is 2.95 bits per heavy atom. The molecule has 0 aliphatic carbocycles. The number of imidazole rings is 1. The van der Waals surface area contributed by atoms with Crippen LogP contribution in [0.3, 0.4) is 0 Å². The largest absolute Gasteiger partial charge is 0.435 e. The zero-order valence-electron chi connectivity index (χ0n) is 10.5. The van der Waals surface area contributed by atoms with E-state index in [-0.39, 0.29) is 16.1 Å². The number of nitrogen functional groups attached to an aromatic ring is 1. The highest BCUT2D eigenvalue weighted by Gasteiger charge is 2.13. The van der Waals surface area contributed by atoms with Crippen LogP contribution < -0.4 is 10.5 Å². The summed E-state index contributed by atoms with van der Waals surface area (Å²) in [6, 6.07) is 4.48. The Labute approximate surface area is 122 Å². The maximum atomic E-state index is 13.6. The quantitative estimate of drug-likeness (QED) is 0.729. The van der Waals surface area contributed by atoms with Crippen molar-refractivity contribution in [2.45, 2.75) is 0 Å². The zero-order valence-corrected chi connectivity index (χ0v) is 12.1. The van der Waals surface area contributed by atoms with E-state index in [1.165, 1.54) is 12.1 Å². The summed E-state index contributed by atoms with van der Waals surface area (Å²) in [5.41, 5.74) is 7.59. The Morgan fingerprint density at radius 2 is 2.15 bits per heavy atom.